The molecule has 0 saturated heterocycles. The number of nitrogens with one attached hydrogen (secondary N) is 1. The average molecular weight is 292 g/mol. The molecule has 0 bridgehead atoms. The minimum atomic E-state index is -1.03. The van der Waals surface area contributed by atoms with Gasteiger partial charge in [0.15, 0.2) is 0 Å². The molecule has 0 spiro atoms. The third-order valence-corrected chi connectivity index (χ3v) is 3.71. The summed E-state index contributed by atoms with van der Waals surface area (Å²) in [4.78, 5) is 25.1. The van der Waals surface area contributed by atoms with Crippen molar-refractivity contribution in [2.75, 3.05) is 5.75 Å². The van der Waals surface area contributed by atoms with Gasteiger partial charge < -0.3 is 15.0 Å². The fraction of sp³-hybridized carbons (Fsp3) is 0.500. The quantitative estimate of drug-likeness (QED) is 0.549. The van der Waals surface area contributed by atoms with Crippen molar-refractivity contribution in [3.05, 3.63) is 17.2 Å². The van der Waals surface area contributed by atoms with Crippen molar-refractivity contribution in [3.8, 4) is 0 Å². The van der Waals surface area contributed by atoms with Gasteiger partial charge >= 0.3 is 5.97 Å². The fourth-order valence-corrected chi connectivity index (χ4v) is 2.43. The number of hydrogen-bond acceptors (Lipinski definition) is 4. The van der Waals surface area contributed by atoms with E-state index >= 15 is 0 Å². The lowest BCUT2D eigenvalue weighted by atomic mass is 10.2. The Hall–Kier alpha value is -1.21. The molecule has 2 N–H and O–H groups in total. The third-order valence-electron chi connectivity index (χ3n) is 2.38. The molecule has 1 amide bonds. The van der Waals surface area contributed by atoms with Crippen molar-refractivity contribution >= 4 is 35.7 Å². The van der Waals surface area contributed by atoms with Gasteiger partial charge in [-0.15, -0.1) is 0 Å². The first-order chi connectivity index (χ1) is 8.56. The van der Waals surface area contributed by atoms with Crippen LogP contribution in [0, 0.1) is 0 Å². The van der Waals surface area contributed by atoms with E-state index in [1.165, 1.54) is 0 Å². The molecule has 8 heteroatoms. The van der Waals surface area contributed by atoms with Crippen LogP contribution in [0.25, 0.3) is 0 Å². The highest BCUT2D eigenvalue weighted by Crippen LogP contribution is 2.16. The van der Waals surface area contributed by atoms with Crippen LogP contribution in [0.2, 0.25) is 5.15 Å². The van der Waals surface area contributed by atoms with Crippen molar-refractivity contribution in [1.82, 2.24) is 14.9 Å². The number of carboxylic acid groups (broad SMARTS) is 1. The first kappa shape index (κ1) is 14.8. The largest absolute Gasteiger partial charge is 0.480 e. The smallest absolute Gasteiger partial charge is 0.326 e. The predicted octanol–water partition coefficient (Wildman–Crippen LogP) is 0.896. The van der Waals surface area contributed by atoms with E-state index in [9.17, 15) is 9.59 Å². The Labute approximate surface area is 114 Å². The van der Waals surface area contributed by atoms with Crippen molar-refractivity contribution < 1.29 is 14.7 Å². The van der Waals surface area contributed by atoms with Crippen LogP contribution < -0.4 is 5.32 Å². The van der Waals surface area contributed by atoms with Crippen LogP contribution >= 0.6 is 23.4 Å². The van der Waals surface area contributed by atoms with Gasteiger partial charge in [-0.05, 0) is 12.2 Å². The molecular weight excluding hydrogens is 278 g/mol. The van der Waals surface area contributed by atoms with E-state index in [4.69, 9.17) is 16.7 Å². The number of carbonyl (C=O) groups excluding carboxylic acids is 1. The van der Waals surface area contributed by atoms with Gasteiger partial charge in [0.2, 0.25) is 6.41 Å². The Morgan fingerprint density at radius 3 is 3.00 bits per heavy atom. The Morgan fingerprint density at radius 1 is 1.78 bits per heavy atom. The number of carbonyl (C=O) groups is 2. The molecule has 6 nitrogen and oxygen atoms in total. The van der Waals surface area contributed by atoms with Crippen molar-refractivity contribution in [3.63, 3.8) is 0 Å². The lowest BCUT2D eigenvalue weighted by Crippen LogP contribution is -2.36. The number of aromatic nitrogens is 2. The standard InChI is InChI=1S/C10H14ClN3O3S/c1-14-8(11)4-12-9(14)5-18-3-2-7(10(16)17)13-6-15/h4,6-7H,2-3,5H2,1H3,(H,13,15)(H,16,17). The number of halogens is 1. The molecule has 0 aliphatic carbocycles. The van der Waals surface area contributed by atoms with Crippen molar-refractivity contribution in [2.45, 2.75) is 18.2 Å². The Kier molecular flexibility index (Phi) is 6.00. The molecule has 0 saturated carbocycles. The summed E-state index contributed by atoms with van der Waals surface area (Å²) in [5.74, 6) is 1.07. The van der Waals surface area contributed by atoms with E-state index in [1.807, 2.05) is 7.05 Å². The van der Waals surface area contributed by atoms with Crippen LogP contribution in [0.1, 0.15) is 12.2 Å². The van der Waals surface area contributed by atoms with Crippen molar-refractivity contribution in [2.24, 2.45) is 7.05 Å². The van der Waals surface area contributed by atoms with Gasteiger partial charge in [0.05, 0.1) is 11.9 Å². The number of amides is 1. The molecule has 1 unspecified atom stereocenters. The Balaban J connectivity index is 2.31. The minimum Gasteiger partial charge on any atom is -0.480 e. The summed E-state index contributed by atoms with van der Waals surface area (Å²) in [5.41, 5.74) is 0. The van der Waals surface area contributed by atoms with Crippen LogP contribution in [-0.4, -0.2) is 38.8 Å². The molecule has 0 aliphatic rings. The van der Waals surface area contributed by atoms with Crippen LogP contribution in [0.15, 0.2) is 6.20 Å². The maximum absolute atomic E-state index is 10.7. The first-order valence-corrected chi connectivity index (χ1v) is 6.76. The number of nitrogens with zero attached hydrogens (tertiary/aromatic N) is 2. The van der Waals surface area contributed by atoms with Gasteiger partial charge in [0.25, 0.3) is 0 Å². The SMILES string of the molecule is Cn1c(Cl)cnc1CSCCC(NC=O)C(=O)O. The summed E-state index contributed by atoms with van der Waals surface area (Å²) in [6.45, 7) is 0. The molecule has 1 rings (SSSR count). The van der Waals surface area contributed by atoms with E-state index in [2.05, 4.69) is 10.3 Å². The van der Waals surface area contributed by atoms with E-state index in [-0.39, 0.29) is 0 Å². The van der Waals surface area contributed by atoms with E-state index in [0.29, 0.717) is 29.5 Å². The highest BCUT2D eigenvalue weighted by molar-refractivity contribution is 7.98. The molecule has 0 aliphatic heterocycles. The summed E-state index contributed by atoms with van der Waals surface area (Å²) < 4.78 is 1.77. The van der Waals surface area contributed by atoms with Gasteiger partial charge in [-0.25, -0.2) is 9.78 Å². The first-order valence-electron chi connectivity index (χ1n) is 5.22. The lowest BCUT2D eigenvalue weighted by Gasteiger charge is -2.10. The molecule has 1 heterocycles. The second-order valence-corrected chi connectivity index (χ2v) is 5.07. The Morgan fingerprint density at radius 2 is 2.50 bits per heavy atom. The summed E-state index contributed by atoms with van der Waals surface area (Å²) in [5, 5.41) is 11.6. The summed E-state index contributed by atoms with van der Waals surface area (Å²) in [7, 11) is 1.82. The molecule has 0 aromatic carbocycles. The molecule has 1 atom stereocenters. The monoisotopic (exact) mass is 291 g/mol. The molecular formula is C10H14ClN3O3S. The van der Waals surface area contributed by atoms with E-state index < -0.39 is 12.0 Å². The number of hydrogen-bond donors (Lipinski definition) is 2. The highest BCUT2D eigenvalue weighted by Gasteiger charge is 2.15. The zero-order valence-electron chi connectivity index (χ0n) is 9.80. The van der Waals surface area contributed by atoms with E-state index in [0.717, 1.165) is 5.82 Å². The average Bonchev–Trinajstić information content (AvgIpc) is 2.64. The van der Waals surface area contributed by atoms with Gasteiger partial charge in [0.1, 0.15) is 17.0 Å². The fourth-order valence-electron chi connectivity index (χ4n) is 1.28. The number of imidazole rings is 1. The maximum Gasteiger partial charge on any atom is 0.326 e. The molecule has 0 radical (unpaired) electrons. The van der Waals surface area contributed by atoms with Crippen LogP contribution in [0.5, 0.6) is 0 Å². The van der Waals surface area contributed by atoms with Gasteiger partial charge in [0, 0.05) is 7.05 Å². The van der Waals surface area contributed by atoms with Crippen LogP contribution in [0.3, 0.4) is 0 Å². The number of aliphatic carboxylic acids is 1. The van der Waals surface area contributed by atoms with Gasteiger partial charge in [-0.2, -0.15) is 11.8 Å². The zero-order valence-corrected chi connectivity index (χ0v) is 11.4. The second-order valence-electron chi connectivity index (χ2n) is 3.57. The van der Waals surface area contributed by atoms with Crippen molar-refractivity contribution in [1.29, 1.82) is 0 Å². The maximum atomic E-state index is 10.7. The zero-order chi connectivity index (χ0) is 13.5. The summed E-state index contributed by atoms with van der Waals surface area (Å²) in [6.07, 6.45) is 2.35. The topological polar surface area (TPSA) is 84.2 Å². The highest BCUT2D eigenvalue weighted by atomic mass is 35.5. The molecule has 1 aromatic rings. The second kappa shape index (κ2) is 7.27. The lowest BCUT2D eigenvalue weighted by molar-refractivity contribution is -0.140. The predicted molar refractivity (Wildman–Crippen MR) is 69.6 cm³/mol. The molecule has 1 aromatic heterocycles. The Bertz CT molecular complexity index is 425. The normalized spacial score (nSPS) is 12.1. The number of thioether (sulfide) groups is 1. The van der Waals surface area contributed by atoms with Gasteiger partial charge in [-0.3, -0.25) is 4.79 Å². The van der Waals surface area contributed by atoms with E-state index in [1.54, 1.807) is 22.5 Å². The summed E-state index contributed by atoms with van der Waals surface area (Å²) >= 11 is 7.38. The van der Waals surface area contributed by atoms with Gasteiger partial charge in [-0.1, -0.05) is 11.6 Å². The third kappa shape index (κ3) is 4.23. The number of carboxylic acids is 1. The molecule has 100 valence electrons. The van der Waals surface area contributed by atoms with Crippen LogP contribution in [0.4, 0.5) is 0 Å². The molecule has 0 fully saturated rings. The number of rotatable bonds is 8. The van der Waals surface area contributed by atoms with Crippen LogP contribution in [-0.2, 0) is 22.4 Å². The minimum absolute atomic E-state index is 0.372. The summed E-state index contributed by atoms with van der Waals surface area (Å²) in [6, 6.07) is -0.833. The molecule has 18 heavy (non-hydrogen) atoms.